The van der Waals surface area contributed by atoms with E-state index in [0.29, 0.717) is 6.04 Å². The van der Waals surface area contributed by atoms with Crippen LogP contribution in [0.5, 0.6) is 0 Å². The molecule has 1 N–H and O–H groups in total. The van der Waals surface area contributed by atoms with Crippen molar-refractivity contribution in [2.75, 3.05) is 19.5 Å². The van der Waals surface area contributed by atoms with E-state index in [4.69, 9.17) is 4.74 Å². The minimum atomic E-state index is -0.149. The van der Waals surface area contributed by atoms with E-state index in [1.54, 1.807) is 31.0 Å². The van der Waals surface area contributed by atoms with Crippen LogP contribution in [0.15, 0.2) is 23.1 Å². The standard InChI is InChI=1S/C14H20FNOS/c1-17-7-2-8-18-14-6-3-12(15)9-11(14)10-16-13-4-5-13/h3,6,9,13,16H,2,4-5,7-8,10H2,1H3. The summed E-state index contributed by atoms with van der Waals surface area (Å²) in [6.45, 7) is 1.55. The van der Waals surface area contributed by atoms with E-state index in [2.05, 4.69) is 5.32 Å². The number of hydrogen-bond acceptors (Lipinski definition) is 3. The summed E-state index contributed by atoms with van der Waals surface area (Å²) in [4.78, 5) is 1.18. The third kappa shape index (κ3) is 4.59. The summed E-state index contributed by atoms with van der Waals surface area (Å²) in [5.41, 5.74) is 1.07. The molecule has 1 aromatic carbocycles. The van der Waals surface area contributed by atoms with E-state index in [0.717, 1.165) is 30.9 Å². The van der Waals surface area contributed by atoms with E-state index in [1.165, 1.54) is 17.7 Å². The normalized spacial score (nSPS) is 15.0. The van der Waals surface area contributed by atoms with Gasteiger partial charge in [0.1, 0.15) is 5.82 Å². The summed E-state index contributed by atoms with van der Waals surface area (Å²) < 4.78 is 18.3. The minimum Gasteiger partial charge on any atom is -0.385 e. The number of thioether (sulfide) groups is 1. The number of halogens is 1. The van der Waals surface area contributed by atoms with E-state index in [-0.39, 0.29) is 5.82 Å². The monoisotopic (exact) mass is 269 g/mol. The molecule has 2 nitrogen and oxygen atoms in total. The number of rotatable bonds is 8. The van der Waals surface area contributed by atoms with Crippen LogP contribution in [0.2, 0.25) is 0 Å². The molecule has 0 amide bonds. The summed E-state index contributed by atoms with van der Waals surface area (Å²) in [5.74, 6) is 0.861. The molecule has 18 heavy (non-hydrogen) atoms. The molecular formula is C14H20FNOS. The van der Waals surface area contributed by atoms with Gasteiger partial charge in [-0.1, -0.05) is 0 Å². The highest BCUT2D eigenvalue weighted by Gasteiger charge is 2.20. The molecule has 0 bridgehead atoms. The Kier molecular flexibility index (Phi) is 5.47. The summed E-state index contributed by atoms with van der Waals surface area (Å²) in [6.07, 6.45) is 3.53. The Morgan fingerprint density at radius 3 is 3.00 bits per heavy atom. The Morgan fingerprint density at radius 2 is 2.28 bits per heavy atom. The van der Waals surface area contributed by atoms with E-state index >= 15 is 0 Å². The summed E-state index contributed by atoms with van der Waals surface area (Å²) in [6, 6.07) is 5.73. The van der Waals surface area contributed by atoms with Crippen LogP contribution in [0.4, 0.5) is 4.39 Å². The number of nitrogens with one attached hydrogen (secondary N) is 1. The number of ether oxygens (including phenoxy) is 1. The highest BCUT2D eigenvalue weighted by molar-refractivity contribution is 7.99. The summed E-state index contributed by atoms with van der Waals surface area (Å²) in [7, 11) is 1.72. The highest BCUT2D eigenvalue weighted by atomic mass is 32.2. The van der Waals surface area contributed by atoms with Crippen molar-refractivity contribution in [3.05, 3.63) is 29.6 Å². The Balaban J connectivity index is 1.88. The van der Waals surface area contributed by atoms with E-state index in [9.17, 15) is 4.39 Å². The quantitative estimate of drug-likeness (QED) is 0.578. The number of benzene rings is 1. The third-order valence-corrected chi connectivity index (χ3v) is 4.13. The molecule has 1 aromatic rings. The van der Waals surface area contributed by atoms with E-state index < -0.39 is 0 Å². The van der Waals surface area contributed by atoms with Gasteiger partial charge in [-0.2, -0.15) is 0 Å². The van der Waals surface area contributed by atoms with Crippen molar-refractivity contribution < 1.29 is 9.13 Å². The molecule has 4 heteroatoms. The largest absolute Gasteiger partial charge is 0.385 e. The lowest BCUT2D eigenvalue weighted by atomic mass is 10.2. The first kappa shape index (κ1) is 13.8. The second kappa shape index (κ2) is 7.12. The molecule has 0 spiro atoms. The predicted octanol–water partition coefficient (Wildman–Crippen LogP) is 3.21. The van der Waals surface area contributed by atoms with Crippen LogP contribution < -0.4 is 5.32 Å². The van der Waals surface area contributed by atoms with Crippen LogP contribution >= 0.6 is 11.8 Å². The van der Waals surface area contributed by atoms with Gasteiger partial charge in [0.05, 0.1) is 0 Å². The molecule has 0 aliphatic heterocycles. The van der Waals surface area contributed by atoms with Crippen molar-refractivity contribution in [3.8, 4) is 0 Å². The molecule has 1 fully saturated rings. The van der Waals surface area contributed by atoms with Crippen molar-refractivity contribution >= 4 is 11.8 Å². The predicted molar refractivity (Wildman–Crippen MR) is 73.5 cm³/mol. The lowest BCUT2D eigenvalue weighted by molar-refractivity contribution is 0.200. The van der Waals surface area contributed by atoms with Crippen molar-refractivity contribution in [1.29, 1.82) is 0 Å². The summed E-state index contributed by atoms with van der Waals surface area (Å²) >= 11 is 1.78. The lowest BCUT2D eigenvalue weighted by Gasteiger charge is -2.10. The van der Waals surface area contributed by atoms with Gasteiger partial charge in [0, 0.05) is 37.0 Å². The van der Waals surface area contributed by atoms with Crippen molar-refractivity contribution in [2.45, 2.75) is 36.7 Å². The fourth-order valence-corrected chi connectivity index (χ4v) is 2.72. The number of hydrogen-bond donors (Lipinski definition) is 1. The van der Waals surface area contributed by atoms with Crippen LogP contribution in [0.25, 0.3) is 0 Å². The maximum Gasteiger partial charge on any atom is 0.123 e. The molecule has 0 unspecified atom stereocenters. The zero-order valence-electron chi connectivity index (χ0n) is 10.7. The van der Waals surface area contributed by atoms with Crippen LogP contribution in [0.1, 0.15) is 24.8 Å². The Morgan fingerprint density at radius 1 is 1.44 bits per heavy atom. The molecule has 100 valence electrons. The maximum absolute atomic E-state index is 13.3. The van der Waals surface area contributed by atoms with Crippen molar-refractivity contribution in [1.82, 2.24) is 5.32 Å². The molecule has 0 radical (unpaired) electrons. The molecule has 0 heterocycles. The maximum atomic E-state index is 13.3. The molecule has 0 atom stereocenters. The van der Waals surface area contributed by atoms with Crippen LogP contribution in [0.3, 0.4) is 0 Å². The van der Waals surface area contributed by atoms with Gasteiger partial charge in [0.2, 0.25) is 0 Å². The molecule has 1 aliphatic rings. The van der Waals surface area contributed by atoms with E-state index in [1.807, 2.05) is 6.07 Å². The SMILES string of the molecule is COCCCSc1ccc(F)cc1CNC1CC1. The first-order chi connectivity index (χ1) is 8.79. The topological polar surface area (TPSA) is 21.3 Å². The summed E-state index contributed by atoms with van der Waals surface area (Å²) in [5, 5.41) is 3.44. The van der Waals surface area contributed by atoms with Gasteiger partial charge in [-0.05, 0) is 43.0 Å². The smallest absolute Gasteiger partial charge is 0.123 e. The zero-order chi connectivity index (χ0) is 12.8. The lowest BCUT2D eigenvalue weighted by Crippen LogP contribution is -2.16. The first-order valence-corrected chi connectivity index (χ1v) is 7.41. The molecule has 0 saturated heterocycles. The first-order valence-electron chi connectivity index (χ1n) is 6.43. The molecule has 2 rings (SSSR count). The van der Waals surface area contributed by atoms with Gasteiger partial charge in [-0.15, -0.1) is 11.8 Å². The van der Waals surface area contributed by atoms with Gasteiger partial charge < -0.3 is 10.1 Å². The Hall–Kier alpha value is -0.580. The second-order valence-electron chi connectivity index (χ2n) is 4.60. The minimum absolute atomic E-state index is 0.149. The van der Waals surface area contributed by atoms with Gasteiger partial charge in [0.25, 0.3) is 0 Å². The molecule has 0 aromatic heterocycles. The molecule has 1 saturated carbocycles. The fourth-order valence-electron chi connectivity index (χ4n) is 1.75. The van der Waals surface area contributed by atoms with Crippen LogP contribution in [0, 0.1) is 5.82 Å². The van der Waals surface area contributed by atoms with Gasteiger partial charge in [-0.25, -0.2) is 4.39 Å². The fraction of sp³-hybridized carbons (Fsp3) is 0.571. The van der Waals surface area contributed by atoms with Gasteiger partial charge >= 0.3 is 0 Å². The van der Waals surface area contributed by atoms with Crippen LogP contribution in [-0.2, 0) is 11.3 Å². The number of methoxy groups -OCH3 is 1. The van der Waals surface area contributed by atoms with Crippen molar-refractivity contribution in [2.24, 2.45) is 0 Å². The average Bonchev–Trinajstić information content (AvgIpc) is 3.18. The Labute approximate surface area is 112 Å². The molecular weight excluding hydrogens is 249 g/mol. The van der Waals surface area contributed by atoms with Crippen LogP contribution in [-0.4, -0.2) is 25.5 Å². The average molecular weight is 269 g/mol. The highest BCUT2D eigenvalue weighted by Crippen LogP contribution is 2.26. The zero-order valence-corrected chi connectivity index (χ0v) is 11.6. The third-order valence-electron chi connectivity index (χ3n) is 2.93. The van der Waals surface area contributed by atoms with Crippen molar-refractivity contribution in [3.63, 3.8) is 0 Å². The second-order valence-corrected chi connectivity index (χ2v) is 5.74. The molecule has 1 aliphatic carbocycles. The Bertz CT molecular complexity index is 382. The van der Waals surface area contributed by atoms with Gasteiger partial charge in [-0.3, -0.25) is 0 Å². The van der Waals surface area contributed by atoms with Gasteiger partial charge in [0.15, 0.2) is 0 Å².